The second-order valence-corrected chi connectivity index (χ2v) is 7.31. The molecule has 1 aromatic rings. The first-order valence-corrected chi connectivity index (χ1v) is 8.44. The zero-order chi connectivity index (χ0) is 16.2. The normalized spacial score (nSPS) is 19.1. The van der Waals surface area contributed by atoms with Crippen LogP contribution in [-0.2, 0) is 4.74 Å². The maximum atomic E-state index is 12.8. The van der Waals surface area contributed by atoms with Gasteiger partial charge in [-0.1, -0.05) is 11.8 Å². The number of aromatic nitrogens is 2. The summed E-state index contributed by atoms with van der Waals surface area (Å²) in [6, 6.07) is 0.0993. The van der Waals surface area contributed by atoms with Crippen molar-refractivity contribution in [3.8, 4) is 0 Å². The lowest BCUT2D eigenvalue weighted by molar-refractivity contribution is 0.0125. The summed E-state index contributed by atoms with van der Waals surface area (Å²) >= 11 is 1.44. The molecule has 0 saturated carbocycles. The first-order chi connectivity index (χ1) is 10.3. The third kappa shape index (κ3) is 5.12. The SMILES string of the molecule is CC(C)(C)OC(=O)N1CCCC[C@@H]1CSc1ncc(F)cn1. The first-order valence-electron chi connectivity index (χ1n) is 7.45. The number of carbonyl (C=O) groups is 1. The first kappa shape index (κ1) is 17.0. The number of hydrogen-bond acceptors (Lipinski definition) is 5. The van der Waals surface area contributed by atoms with Crippen molar-refractivity contribution in [3.05, 3.63) is 18.2 Å². The molecule has 0 bridgehead atoms. The van der Waals surface area contributed by atoms with E-state index in [1.807, 2.05) is 20.8 Å². The van der Waals surface area contributed by atoms with Crippen LogP contribution in [0.3, 0.4) is 0 Å². The lowest BCUT2D eigenvalue weighted by Gasteiger charge is -2.36. The molecule has 7 heteroatoms. The minimum absolute atomic E-state index is 0.0993. The van der Waals surface area contributed by atoms with Gasteiger partial charge in [-0.25, -0.2) is 19.2 Å². The molecule has 2 heterocycles. The summed E-state index contributed by atoms with van der Waals surface area (Å²) in [4.78, 5) is 22.0. The van der Waals surface area contributed by atoms with E-state index in [1.165, 1.54) is 11.8 Å². The number of halogens is 1. The second kappa shape index (κ2) is 7.26. The van der Waals surface area contributed by atoms with Gasteiger partial charge in [-0.2, -0.15) is 0 Å². The van der Waals surface area contributed by atoms with Gasteiger partial charge in [0.15, 0.2) is 11.0 Å². The van der Waals surface area contributed by atoms with Crippen LogP contribution >= 0.6 is 11.8 Å². The summed E-state index contributed by atoms with van der Waals surface area (Å²) in [6.45, 7) is 6.31. The summed E-state index contributed by atoms with van der Waals surface area (Å²) in [7, 11) is 0. The number of rotatable bonds is 3. The molecule has 22 heavy (non-hydrogen) atoms. The van der Waals surface area contributed by atoms with Crippen molar-refractivity contribution in [2.75, 3.05) is 12.3 Å². The predicted molar refractivity (Wildman–Crippen MR) is 83.3 cm³/mol. The second-order valence-electron chi connectivity index (χ2n) is 6.32. The number of carbonyl (C=O) groups excluding carboxylic acids is 1. The van der Waals surface area contributed by atoms with E-state index in [0.717, 1.165) is 31.7 Å². The summed E-state index contributed by atoms with van der Waals surface area (Å²) in [5.74, 6) is 0.239. The van der Waals surface area contributed by atoms with Gasteiger partial charge in [-0.15, -0.1) is 0 Å². The van der Waals surface area contributed by atoms with Crippen LogP contribution in [0.4, 0.5) is 9.18 Å². The summed E-state index contributed by atoms with van der Waals surface area (Å²) in [5.41, 5.74) is -0.494. The highest BCUT2D eigenvalue weighted by molar-refractivity contribution is 7.99. The number of hydrogen-bond donors (Lipinski definition) is 0. The molecule has 2 rings (SSSR count). The molecule has 0 spiro atoms. The van der Waals surface area contributed by atoms with Gasteiger partial charge in [0.2, 0.25) is 0 Å². The Morgan fingerprint density at radius 2 is 2.09 bits per heavy atom. The molecule has 1 atom stereocenters. The number of piperidine rings is 1. The third-order valence-corrected chi connectivity index (χ3v) is 4.28. The molecule has 5 nitrogen and oxygen atoms in total. The molecule has 1 saturated heterocycles. The van der Waals surface area contributed by atoms with Crippen molar-refractivity contribution >= 4 is 17.9 Å². The minimum atomic E-state index is -0.494. The zero-order valence-corrected chi connectivity index (χ0v) is 14.0. The molecule has 1 aromatic heterocycles. The van der Waals surface area contributed by atoms with Gasteiger partial charge < -0.3 is 9.64 Å². The van der Waals surface area contributed by atoms with E-state index in [-0.39, 0.29) is 12.1 Å². The summed E-state index contributed by atoms with van der Waals surface area (Å²) in [6.07, 6.45) is 5.07. The highest BCUT2D eigenvalue weighted by Gasteiger charge is 2.30. The van der Waals surface area contributed by atoms with Crippen LogP contribution in [0.5, 0.6) is 0 Å². The average molecular weight is 327 g/mol. The molecule has 0 aliphatic carbocycles. The third-order valence-electron chi connectivity index (χ3n) is 3.26. The van der Waals surface area contributed by atoms with E-state index in [9.17, 15) is 9.18 Å². The van der Waals surface area contributed by atoms with Crippen molar-refractivity contribution in [1.82, 2.24) is 14.9 Å². The Hall–Kier alpha value is -1.37. The molecule has 1 aliphatic heterocycles. The molecule has 122 valence electrons. The molecule has 1 amide bonds. The van der Waals surface area contributed by atoms with Gasteiger partial charge in [0.25, 0.3) is 0 Å². The fourth-order valence-electron chi connectivity index (χ4n) is 2.28. The quantitative estimate of drug-likeness (QED) is 0.628. The van der Waals surface area contributed by atoms with Crippen LogP contribution in [0.25, 0.3) is 0 Å². The highest BCUT2D eigenvalue weighted by atomic mass is 32.2. The van der Waals surface area contributed by atoms with Crippen molar-refractivity contribution < 1.29 is 13.9 Å². The Balaban J connectivity index is 1.94. The summed E-state index contributed by atoms with van der Waals surface area (Å²) in [5, 5.41) is 0.524. The van der Waals surface area contributed by atoms with E-state index >= 15 is 0 Å². The fraction of sp³-hybridized carbons (Fsp3) is 0.667. The number of nitrogens with zero attached hydrogens (tertiary/aromatic N) is 3. The van der Waals surface area contributed by atoms with Gasteiger partial charge in [-0.3, -0.25) is 0 Å². The average Bonchev–Trinajstić information content (AvgIpc) is 2.45. The van der Waals surface area contributed by atoms with Crippen molar-refractivity contribution in [1.29, 1.82) is 0 Å². The van der Waals surface area contributed by atoms with Gasteiger partial charge >= 0.3 is 6.09 Å². The van der Waals surface area contributed by atoms with Crippen molar-refractivity contribution in [3.63, 3.8) is 0 Å². The molecular formula is C15H22FN3O2S. The highest BCUT2D eigenvalue weighted by Crippen LogP contribution is 2.25. The Labute approximate surface area is 134 Å². The van der Waals surface area contributed by atoms with E-state index in [0.29, 0.717) is 17.5 Å². The summed E-state index contributed by atoms with van der Waals surface area (Å²) < 4.78 is 18.3. The maximum absolute atomic E-state index is 12.8. The molecule has 1 fully saturated rings. The Morgan fingerprint density at radius 3 is 2.73 bits per heavy atom. The van der Waals surface area contributed by atoms with Crippen LogP contribution in [-0.4, -0.2) is 44.9 Å². The van der Waals surface area contributed by atoms with Gasteiger partial charge in [0, 0.05) is 18.3 Å². The number of amides is 1. The molecule has 0 N–H and O–H groups in total. The van der Waals surface area contributed by atoms with Gasteiger partial charge in [-0.05, 0) is 40.0 Å². The van der Waals surface area contributed by atoms with E-state index in [4.69, 9.17) is 4.74 Å². The van der Waals surface area contributed by atoms with Crippen LogP contribution in [0.1, 0.15) is 40.0 Å². The van der Waals surface area contributed by atoms with E-state index < -0.39 is 11.4 Å². The molecular weight excluding hydrogens is 305 g/mol. The van der Waals surface area contributed by atoms with Crippen LogP contribution in [0.2, 0.25) is 0 Å². The minimum Gasteiger partial charge on any atom is -0.444 e. The van der Waals surface area contributed by atoms with Crippen molar-refractivity contribution in [2.24, 2.45) is 0 Å². The van der Waals surface area contributed by atoms with Crippen LogP contribution in [0.15, 0.2) is 17.6 Å². The van der Waals surface area contributed by atoms with E-state index in [1.54, 1.807) is 4.90 Å². The van der Waals surface area contributed by atoms with Crippen LogP contribution < -0.4 is 0 Å². The largest absolute Gasteiger partial charge is 0.444 e. The topological polar surface area (TPSA) is 55.3 Å². The molecule has 0 aromatic carbocycles. The Bertz CT molecular complexity index is 505. The van der Waals surface area contributed by atoms with Crippen molar-refractivity contribution in [2.45, 2.75) is 56.8 Å². The Morgan fingerprint density at radius 1 is 1.41 bits per heavy atom. The zero-order valence-electron chi connectivity index (χ0n) is 13.2. The lowest BCUT2D eigenvalue weighted by atomic mass is 10.0. The number of likely N-dealkylation sites (tertiary alicyclic amines) is 1. The smallest absolute Gasteiger partial charge is 0.410 e. The lowest BCUT2D eigenvalue weighted by Crippen LogP contribution is -2.47. The van der Waals surface area contributed by atoms with Gasteiger partial charge in [0.05, 0.1) is 12.4 Å². The standard InChI is InChI=1S/C15H22FN3O2S/c1-15(2,3)21-14(20)19-7-5-4-6-12(19)10-22-13-17-8-11(16)9-18-13/h8-9,12H,4-7,10H2,1-3H3/t12-/m1/s1. The predicted octanol–water partition coefficient (Wildman–Crippen LogP) is 3.50. The maximum Gasteiger partial charge on any atom is 0.410 e. The molecule has 1 aliphatic rings. The van der Waals surface area contributed by atoms with E-state index in [2.05, 4.69) is 9.97 Å². The molecule has 0 unspecified atom stereocenters. The molecule has 0 radical (unpaired) electrons. The number of thioether (sulfide) groups is 1. The monoisotopic (exact) mass is 327 g/mol. The Kier molecular flexibility index (Phi) is 5.61. The fourth-order valence-corrected chi connectivity index (χ4v) is 3.22. The number of ether oxygens (including phenoxy) is 1. The van der Waals surface area contributed by atoms with Gasteiger partial charge in [0.1, 0.15) is 5.60 Å². The van der Waals surface area contributed by atoms with Crippen LogP contribution in [0, 0.1) is 5.82 Å².